The summed E-state index contributed by atoms with van der Waals surface area (Å²) < 4.78 is 27.4. The van der Waals surface area contributed by atoms with Crippen molar-refractivity contribution in [3.63, 3.8) is 0 Å². The largest absolute Gasteiger partial charge is 0.462 e. The Labute approximate surface area is 110 Å². The summed E-state index contributed by atoms with van der Waals surface area (Å²) in [5.74, 6) is -0.202. The summed E-state index contributed by atoms with van der Waals surface area (Å²) >= 11 is 5.84. The number of hydrogen-bond acceptors (Lipinski definition) is 4. The highest BCUT2D eigenvalue weighted by molar-refractivity contribution is 7.89. The molecule has 0 spiro atoms. The van der Waals surface area contributed by atoms with Crippen LogP contribution in [0.5, 0.6) is 0 Å². The van der Waals surface area contributed by atoms with E-state index < -0.39 is 16.0 Å². The van der Waals surface area contributed by atoms with Crippen LogP contribution in [0.25, 0.3) is 0 Å². The Bertz CT molecular complexity index is 581. The Hall–Kier alpha value is -1.11. The fraction of sp³-hybridized carbons (Fsp3) is 0.364. The van der Waals surface area contributed by atoms with Gasteiger partial charge in [-0.1, -0.05) is 11.6 Å². The number of benzene rings is 1. The molecule has 5 nitrogen and oxygen atoms in total. The molecule has 18 heavy (non-hydrogen) atoms. The summed E-state index contributed by atoms with van der Waals surface area (Å²) in [6.07, 6.45) is 2.11. The first-order chi connectivity index (χ1) is 8.38. The van der Waals surface area contributed by atoms with E-state index in [4.69, 9.17) is 21.5 Å². The van der Waals surface area contributed by atoms with Gasteiger partial charge >= 0.3 is 5.97 Å². The molecule has 0 atom stereocenters. The van der Waals surface area contributed by atoms with E-state index in [1.165, 1.54) is 12.1 Å². The van der Waals surface area contributed by atoms with Crippen molar-refractivity contribution in [3.8, 4) is 0 Å². The molecular weight excluding hydrogens is 278 g/mol. The van der Waals surface area contributed by atoms with Gasteiger partial charge in [-0.2, -0.15) is 0 Å². The molecule has 2 rings (SSSR count). The molecule has 0 saturated heterocycles. The van der Waals surface area contributed by atoms with E-state index >= 15 is 0 Å². The maximum absolute atomic E-state index is 11.7. The number of nitrogens with two attached hydrogens (primary N) is 1. The number of carbonyl (C=O) groups excluding carboxylic acids is 1. The van der Waals surface area contributed by atoms with Crippen LogP contribution in [0.4, 0.5) is 0 Å². The van der Waals surface area contributed by atoms with Gasteiger partial charge in [0.05, 0.1) is 22.1 Å². The maximum Gasteiger partial charge on any atom is 0.339 e. The Kier molecular flexibility index (Phi) is 3.61. The summed E-state index contributed by atoms with van der Waals surface area (Å²) in [7, 11) is -3.86. The van der Waals surface area contributed by atoms with E-state index in [9.17, 15) is 13.2 Å². The predicted molar refractivity (Wildman–Crippen MR) is 65.8 cm³/mol. The minimum atomic E-state index is -3.86. The van der Waals surface area contributed by atoms with Crippen LogP contribution in [-0.2, 0) is 14.8 Å². The molecule has 7 heteroatoms. The quantitative estimate of drug-likeness (QED) is 0.852. The van der Waals surface area contributed by atoms with E-state index in [-0.39, 0.29) is 15.5 Å². The zero-order valence-electron chi connectivity index (χ0n) is 9.43. The molecule has 0 heterocycles. The molecule has 0 radical (unpaired) electrons. The monoisotopic (exact) mass is 289 g/mol. The van der Waals surface area contributed by atoms with Crippen molar-refractivity contribution in [2.24, 2.45) is 11.1 Å². The van der Waals surface area contributed by atoms with Crippen molar-refractivity contribution >= 4 is 27.6 Å². The van der Waals surface area contributed by atoms with Crippen LogP contribution >= 0.6 is 11.6 Å². The smallest absolute Gasteiger partial charge is 0.339 e. The van der Waals surface area contributed by atoms with Gasteiger partial charge in [0.15, 0.2) is 0 Å². The van der Waals surface area contributed by atoms with Crippen LogP contribution in [0.2, 0.25) is 5.02 Å². The maximum atomic E-state index is 11.7. The van der Waals surface area contributed by atoms with Crippen LogP contribution in [0.15, 0.2) is 23.1 Å². The zero-order valence-corrected chi connectivity index (χ0v) is 11.0. The van der Waals surface area contributed by atoms with Crippen molar-refractivity contribution in [1.82, 2.24) is 0 Å². The lowest BCUT2D eigenvalue weighted by Crippen LogP contribution is -2.14. The molecule has 1 aromatic rings. The molecule has 1 aliphatic carbocycles. The molecule has 0 aromatic heterocycles. The Morgan fingerprint density at radius 2 is 2.11 bits per heavy atom. The van der Waals surface area contributed by atoms with Gasteiger partial charge in [0, 0.05) is 0 Å². The number of ether oxygens (including phenoxy) is 1. The molecule has 1 fully saturated rings. The number of rotatable bonds is 4. The standard InChI is InChI=1S/C11H12ClNO4S/c12-10-4-3-8(18(13,15)16)5-9(10)11(14)17-6-7-1-2-7/h3-5,7H,1-2,6H2,(H2,13,15,16). The molecule has 0 amide bonds. The fourth-order valence-corrected chi connectivity index (χ4v) is 2.13. The number of esters is 1. The highest BCUT2D eigenvalue weighted by atomic mass is 35.5. The van der Waals surface area contributed by atoms with Crippen molar-refractivity contribution in [2.45, 2.75) is 17.7 Å². The topological polar surface area (TPSA) is 86.5 Å². The van der Waals surface area contributed by atoms with Crippen LogP contribution in [0, 0.1) is 5.92 Å². The average molecular weight is 290 g/mol. The van der Waals surface area contributed by atoms with Gasteiger partial charge in [-0.3, -0.25) is 0 Å². The highest BCUT2D eigenvalue weighted by Crippen LogP contribution is 2.29. The first-order valence-electron chi connectivity index (χ1n) is 5.37. The Morgan fingerprint density at radius 3 is 2.67 bits per heavy atom. The lowest BCUT2D eigenvalue weighted by molar-refractivity contribution is 0.0486. The van der Waals surface area contributed by atoms with Crippen molar-refractivity contribution in [3.05, 3.63) is 28.8 Å². The Morgan fingerprint density at radius 1 is 1.44 bits per heavy atom. The third-order valence-electron chi connectivity index (χ3n) is 2.63. The van der Waals surface area contributed by atoms with Gasteiger partial charge in [0.25, 0.3) is 0 Å². The van der Waals surface area contributed by atoms with Gasteiger partial charge in [0.1, 0.15) is 0 Å². The first kappa shape index (κ1) is 13.3. The van der Waals surface area contributed by atoms with Gasteiger partial charge < -0.3 is 4.74 Å². The Balaban J connectivity index is 2.22. The second kappa shape index (κ2) is 4.87. The summed E-state index contributed by atoms with van der Waals surface area (Å²) in [4.78, 5) is 11.6. The lowest BCUT2D eigenvalue weighted by atomic mass is 10.2. The number of sulfonamides is 1. The SMILES string of the molecule is NS(=O)(=O)c1ccc(Cl)c(C(=O)OCC2CC2)c1. The van der Waals surface area contributed by atoms with Gasteiger partial charge in [-0.25, -0.2) is 18.4 Å². The lowest BCUT2D eigenvalue weighted by Gasteiger charge is -2.07. The first-order valence-corrected chi connectivity index (χ1v) is 7.30. The van der Waals surface area contributed by atoms with Crippen molar-refractivity contribution < 1.29 is 17.9 Å². The molecule has 1 aliphatic rings. The van der Waals surface area contributed by atoms with E-state index in [2.05, 4.69) is 0 Å². The van der Waals surface area contributed by atoms with E-state index in [1.807, 2.05) is 0 Å². The summed E-state index contributed by atoms with van der Waals surface area (Å²) in [6.45, 7) is 0.342. The molecule has 0 unspecified atom stereocenters. The minimum Gasteiger partial charge on any atom is -0.462 e. The molecule has 1 aromatic carbocycles. The van der Waals surface area contributed by atoms with E-state index in [1.54, 1.807) is 0 Å². The molecule has 0 aliphatic heterocycles. The molecule has 1 saturated carbocycles. The van der Waals surface area contributed by atoms with Gasteiger partial charge in [-0.05, 0) is 37.0 Å². The normalized spacial score (nSPS) is 15.4. The minimum absolute atomic E-state index is 0.0174. The zero-order chi connectivity index (χ0) is 13.3. The number of hydrogen-bond donors (Lipinski definition) is 1. The van der Waals surface area contributed by atoms with E-state index in [0.717, 1.165) is 18.9 Å². The number of halogens is 1. The fourth-order valence-electron chi connectivity index (χ4n) is 1.39. The van der Waals surface area contributed by atoms with Crippen LogP contribution in [0.1, 0.15) is 23.2 Å². The molecular formula is C11H12ClNO4S. The summed E-state index contributed by atoms with van der Waals surface area (Å²) in [5.41, 5.74) is 0.0174. The van der Waals surface area contributed by atoms with Crippen LogP contribution in [0.3, 0.4) is 0 Å². The van der Waals surface area contributed by atoms with Crippen LogP contribution < -0.4 is 5.14 Å². The average Bonchev–Trinajstić information content (AvgIpc) is 3.08. The second-order valence-electron chi connectivity index (χ2n) is 4.23. The molecule has 2 N–H and O–H groups in total. The van der Waals surface area contributed by atoms with E-state index in [0.29, 0.717) is 12.5 Å². The molecule has 0 bridgehead atoms. The van der Waals surface area contributed by atoms with Crippen LogP contribution in [-0.4, -0.2) is 21.0 Å². The van der Waals surface area contributed by atoms with Gasteiger partial charge in [0.2, 0.25) is 10.0 Å². The number of carbonyl (C=O) groups is 1. The molecule has 98 valence electrons. The van der Waals surface area contributed by atoms with Crippen molar-refractivity contribution in [1.29, 1.82) is 0 Å². The summed E-state index contributed by atoms with van der Waals surface area (Å²) in [5, 5.41) is 5.13. The number of primary sulfonamides is 1. The van der Waals surface area contributed by atoms with Gasteiger partial charge in [-0.15, -0.1) is 0 Å². The summed E-state index contributed by atoms with van der Waals surface area (Å²) in [6, 6.07) is 3.69. The third-order valence-corrected chi connectivity index (χ3v) is 3.87. The van der Waals surface area contributed by atoms with Crippen molar-refractivity contribution in [2.75, 3.05) is 6.61 Å². The highest BCUT2D eigenvalue weighted by Gasteiger charge is 2.24. The predicted octanol–water partition coefficient (Wildman–Crippen LogP) is 1.55. The second-order valence-corrected chi connectivity index (χ2v) is 6.20. The third kappa shape index (κ3) is 3.22.